The second-order valence-electron chi connectivity index (χ2n) is 3.89. The van der Waals surface area contributed by atoms with Crippen molar-refractivity contribution in [3.63, 3.8) is 0 Å². The molecular weight excluding hydrogens is 224 g/mol. The number of aliphatic carboxylic acids is 1. The van der Waals surface area contributed by atoms with Crippen LogP contribution in [-0.2, 0) is 19.1 Å². The minimum Gasteiger partial charge on any atom is -0.481 e. The lowest BCUT2D eigenvalue weighted by Crippen LogP contribution is -2.29. The van der Waals surface area contributed by atoms with Crippen molar-refractivity contribution in [1.29, 1.82) is 0 Å². The molecule has 0 fully saturated rings. The highest BCUT2D eigenvalue weighted by Gasteiger charge is 2.21. The van der Waals surface area contributed by atoms with E-state index in [0.29, 0.717) is 19.4 Å². The van der Waals surface area contributed by atoms with Gasteiger partial charge in [-0.25, -0.2) is 4.79 Å². The van der Waals surface area contributed by atoms with Crippen molar-refractivity contribution >= 4 is 11.9 Å². The molecule has 1 N–H and O–H groups in total. The van der Waals surface area contributed by atoms with Crippen LogP contribution in [0.1, 0.15) is 46.5 Å². The summed E-state index contributed by atoms with van der Waals surface area (Å²) in [6.45, 7) is 5.95. The molecule has 0 amide bonds. The summed E-state index contributed by atoms with van der Waals surface area (Å²) in [5.74, 6) is -1.26. The summed E-state index contributed by atoms with van der Waals surface area (Å²) in [5, 5.41) is 8.52. The fourth-order valence-corrected chi connectivity index (χ4v) is 1.27. The average Bonchev–Trinajstić information content (AvgIpc) is 2.27. The van der Waals surface area contributed by atoms with Gasteiger partial charge in [0, 0.05) is 13.0 Å². The standard InChI is InChI=1S/C12H22O5/c1-4-9(3)17-12(15)10(16-5-2)7-6-8-11(13)14/h9-10H,4-8H2,1-3H3,(H,13,14). The molecule has 0 radical (unpaired) electrons. The minimum absolute atomic E-state index is 0.0419. The summed E-state index contributed by atoms with van der Waals surface area (Å²) in [6.07, 6.45) is 0.809. The van der Waals surface area contributed by atoms with Crippen LogP contribution in [0.3, 0.4) is 0 Å². The second kappa shape index (κ2) is 8.98. The molecule has 0 aliphatic heterocycles. The lowest BCUT2D eigenvalue weighted by atomic mass is 10.1. The van der Waals surface area contributed by atoms with Crippen molar-refractivity contribution in [2.24, 2.45) is 0 Å². The van der Waals surface area contributed by atoms with Crippen LogP contribution in [0.2, 0.25) is 0 Å². The first-order chi connectivity index (χ1) is 8.01. The van der Waals surface area contributed by atoms with Gasteiger partial charge in [0.25, 0.3) is 0 Å². The molecule has 0 aliphatic rings. The Kier molecular flexibility index (Phi) is 8.40. The summed E-state index contributed by atoms with van der Waals surface area (Å²) >= 11 is 0. The quantitative estimate of drug-likeness (QED) is 0.630. The van der Waals surface area contributed by atoms with Crippen molar-refractivity contribution in [2.45, 2.75) is 58.7 Å². The predicted octanol–water partition coefficient (Wildman–Crippen LogP) is 1.99. The number of hydrogen-bond acceptors (Lipinski definition) is 4. The Hall–Kier alpha value is -1.10. The van der Waals surface area contributed by atoms with Gasteiger partial charge in [-0.15, -0.1) is 0 Å². The third-order valence-corrected chi connectivity index (χ3v) is 2.38. The number of carboxylic acid groups (broad SMARTS) is 1. The molecule has 2 unspecified atom stereocenters. The normalized spacial score (nSPS) is 14.1. The van der Waals surface area contributed by atoms with E-state index >= 15 is 0 Å². The van der Waals surface area contributed by atoms with E-state index in [-0.39, 0.29) is 12.5 Å². The lowest BCUT2D eigenvalue weighted by Gasteiger charge is -2.18. The van der Waals surface area contributed by atoms with Gasteiger partial charge in [-0.05, 0) is 33.1 Å². The number of carboxylic acids is 1. The zero-order chi connectivity index (χ0) is 13.3. The number of esters is 1. The van der Waals surface area contributed by atoms with E-state index in [1.165, 1.54) is 0 Å². The molecule has 5 nitrogen and oxygen atoms in total. The summed E-state index contributed by atoms with van der Waals surface area (Å²) in [7, 11) is 0. The lowest BCUT2D eigenvalue weighted by molar-refractivity contribution is -0.162. The molecule has 5 heteroatoms. The molecule has 0 bridgehead atoms. The first-order valence-electron chi connectivity index (χ1n) is 6.05. The molecule has 0 aromatic carbocycles. The number of carbonyl (C=O) groups is 2. The molecule has 0 spiro atoms. The maximum atomic E-state index is 11.7. The van der Waals surface area contributed by atoms with Crippen LogP contribution in [0.5, 0.6) is 0 Å². The van der Waals surface area contributed by atoms with E-state index in [9.17, 15) is 9.59 Å². The Morgan fingerprint density at radius 1 is 1.29 bits per heavy atom. The molecule has 0 aromatic heterocycles. The molecular formula is C12H22O5. The second-order valence-corrected chi connectivity index (χ2v) is 3.89. The third-order valence-electron chi connectivity index (χ3n) is 2.38. The maximum absolute atomic E-state index is 11.7. The molecule has 2 atom stereocenters. The first kappa shape index (κ1) is 15.9. The van der Waals surface area contributed by atoms with Crippen LogP contribution in [0.4, 0.5) is 0 Å². The monoisotopic (exact) mass is 246 g/mol. The van der Waals surface area contributed by atoms with Gasteiger partial charge in [0.05, 0.1) is 6.10 Å². The van der Waals surface area contributed by atoms with E-state index in [1.54, 1.807) is 6.92 Å². The van der Waals surface area contributed by atoms with Crippen molar-refractivity contribution < 1.29 is 24.2 Å². The van der Waals surface area contributed by atoms with Crippen LogP contribution in [0, 0.1) is 0 Å². The van der Waals surface area contributed by atoms with Crippen molar-refractivity contribution in [1.82, 2.24) is 0 Å². The Bertz CT molecular complexity index is 239. The number of carbonyl (C=O) groups excluding carboxylic acids is 1. The molecule has 0 heterocycles. The van der Waals surface area contributed by atoms with Gasteiger partial charge in [0.15, 0.2) is 6.10 Å². The van der Waals surface area contributed by atoms with Gasteiger partial charge in [-0.1, -0.05) is 6.92 Å². The minimum atomic E-state index is -0.865. The largest absolute Gasteiger partial charge is 0.481 e. The van der Waals surface area contributed by atoms with Gasteiger partial charge >= 0.3 is 11.9 Å². The van der Waals surface area contributed by atoms with Crippen molar-refractivity contribution in [3.8, 4) is 0 Å². The fourth-order valence-electron chi connectivity index (χ4n) is 1.27. The Morgan fingerprint density at radius 2 is 1.94 bits per heavy atom. The van der Waals surface area contributed by atoms with Gasteiger partial charge in [-0.2, -0.15) is 0 Å². The number of rotatable bonds is 9. The molecule has 0 saturated carbocycles. The highest BCUT2D eigenvalue weighted by atomic mass is 16.6. The van der Waals surface area contributed by atoms with Gasteiger partial charge in [0.1, 0.15) is 0 Å². The summed E-state index contributed by atoms with van der Waals surface area (Å²) < 4.78 is 10.4. The van der Waals surface area contributed by atoms with Crippen LogP contribution < -0.4 is 0 Å². The summed E-state index contributed by atoms with van der Waals surface area (Å²) in [6, 6.07) is 0. The van der Waals surface area contributed by atoms with Gasteiger partial charge in [-0.3, -0.25) is 4.79 Å². The van der Waals surface area contributed by atoms with Crippen LogP contribution in [0.15, 0.2) is 0 Å². The zero-order valence-corrected chi connectivity index (χ0v) is 10.8. The van der Waals surface area contributed by atoms with E-state index in [4.69, 9.17) is 14.6 Å². The average molecular weight is 246 g/mol. The van der Waals surface area contributed by atoms with Gasteiger partial charge in [0.2, 0.25) is 0 Å². The highest BCUT2D eigenvalue weighted by molar-refractivity contribution is 5.75. The molecule has 0 saturated heterocycles. The highest BCUT2D eigenvalue weighted by Crippen LogP contribution is 2.09. The zero-order valence-electron chi connectivity index (χ0n) is 10.8. The molecule has 0 aromatic rings. The molecule has 100 valence electrons. The summed E-state index contributed by atoms with van der Waals surface area (Å²) in [5.41, 5.74) is 0. The third kappa shape index (κ3) is 7.74. The smallest absolute Gasteiger partial charge is 0.335 e. The van der Waals surface area contributed by atoms with E-state index in [0.717, 1.165) is 6.42 Å². The fraction of sp³-hybridized carbons (Fsp3) is 0.833. The Morgan fingerprint density at radius 3 is 2.41 bits per heavy atom. The van der Waals surface area contributed by atoms with E-state index in [2.05, 4.69) is 0 Å². The van der Waals surface area contributed by atoms with Crippen LogP contribution >= 0.6 is 0 Å². The van der Waals surface area contributed by atoms with E-state index in [1.807, 2.05) is 13.8 Å². The number of ether oxygens (including phenoxy) is 2. The van der Waals surface area contributed by atoms with Gasteiger partial charge < -0.3 is 14.6 Å². The molecule has 0 rings (SSSR count). The Labute approximate surface area is 102 Å². The van der Waals surface area contributed by atoms with Crippen molar-refractivity contribution in [2.75, 3.05) is 6.61 Å². The SMILES string of the molecule is CCOC(CCCC(=O)O)C(=O)OC(C)CC. The first-order valence-corrected chi connectivity index (χ1v) is 6.05. The molecule has 0 aliphatic carbocycles. The Balaban J connectivity index is 4.11. The number of hydrogen-bond donors (Lipinski definition) is 1. The summed E-state index contributed by atoms with van der Waals surface area (Å²) in [4.78, 5) is 22.1. The van der Waals surface area contributed by atoms with E-state index < -0.39 is 18.0 Å². The van der Waals surface area contributed by atoms with Crippen LogP contribution in [0.25, 0.3) is 0 Å². The maximum Gasteiger partial charge on any atom is 0.335 e. The molecule has 17 heavy (non-hydrogen) atoms. The van der Waals surface area contributed by atoms with Crippen molar-refractivity contribution in [3.05, 3.63) is 0 Å². The van der Waals surface area contributed by atoms with Crippen LogP contribution in [-0.4, -0.2) is 35.9 Å². The predicted molar refractivity (Wildman–Crippen MR) is 62.7 cm³/mol. The topological polar surface area (TPSA) is 72.8 Å².